The second kappa shape index (κ2) is 21.3. The molecular weight excluding hydrogens is 787 g/mol. The van der Waals surface area contributed by atoms with E-state index in [1.807, 2.05) is 37.3 Å². The van der Waals surface area contributed by atoms with Crippen LogP contribution in [0.15, 0.2) is 47.7 Å². The monoisotopic (exact) mass is 843 g/mol. The first-order valence-corrected chi connectivity index (χ1v) is 20.4. The van der Waals surface area contributed by atoms with Gasteiger partial charge in [-0.2, -0.15) is 0 Å². The van der Waals surface area contributed by atoms with Crippen LogP contribution in [-0.2, 0) is 25.7 Å². The Morgan fingerprint density at radius 3 is 2.36 bits per heavy atom. The topological polar surface area (TPSA) is 196 Å². The van der Waals surface area contributed by atoms with Gasteiger partial charge in [-0.1, -0.05) is 12.1 Å². The highest BCUT2D eigenvalue weighted by atomic mass is 16.5. The number of benzene rings is 2. The van der Waals surface area contributed by atoms with Crippen LogP contribution in [0.3, 0.4) is 0 Å². The highest BCUT2D eigenvalue weighted by Crippen LogP contribution is 2.40. The fourth-order valence-electron chi connectivity index (χ4n) is 7.84. The van der Waals surface area contributed by atoms with E-state index in [0.29, 0.717) is 81.6 Å². The molecule has 2 aromatic carbocycles. The molecule has 0 spiro atoms. The molecule has 3 heterocycles. The Morgan fingerprint density at radius 2 is 1.70 bits per heavy atom. The number of likely N-dealkylation sites (tertiary alicyclic amines) is 1. The van der Waals surface area contributed by atoms with E-state index in [4.69, 9.17) is 14.2 Å². The fourth-order valence-corrected chi connectivity index (χ4v) is 7.84. The number of carbonyl (C=O) groups excluding carboxylic acids is 7. The first-order valence-electron chi connectivity index (χ1n) is 20.4. The molecule has 0 aliphatic carbocycles. The van der Waals surface area contributed by atoms with E-state index in [1.165, 1.54) is 18.0 Å². The summed E-state index contributed by atoms with van der Waals surface area (Å²) in [6.45, 7) is 2.80. The highest BCUT2D eigenvalue weighted by Gasteiger charge is 2.35. The molecule has 2 aromatic rings. The third-order valence-corrected chi connectivity index (χ3v) is 11.0. The van der Waals surface area contributed by atoms with Gasteiger partial charge in [0.25, 0.3) is 5.91 Å². The first-order chi connectivity index (χ1) is 29.3. The zero-order valence-corrected chi connectivity index (χ0v) is 35.8. The molecule has 6 amide bonds. The number of aldehydes is 2. The van der Waals surface area contributed by atoms with Gasteiger partial charge in [0.05, 0.1) is 39.0 Å². The van der Waals surface area contributed by atoms with Crippen LogP contribution in [0, 0.1) is 0 Å². The van der Waals surface area contributed by atoms with E-state index >= 15 is 0 Å². The summed E-state index contributed by atoms with van der Waals surface area (Å²) < 4.78 is 17.7. The Labute approximate surface area is 356 Å². The minimum atomic E-state index is -0.848. The van der Waals surface area contributed by atoms with Gasteiger partial charge in [0, 0.05) is 101 Å². The van der Waals surface area contributed by atoms with Gasteiger partial charge in [0.15, 0.2) is 6.29 Å². The van der Waals surface area contributed by atoms with Crippen molar-refractivity contribution in [2.75, 3.05) is 75.2 Å². The van der Waals surface area contributed by atoms with Crippen molar-refractivity contribution in [3.8, 4) is 17.2 Å². The van der Waals surface area contributed by atoms with Crippen LogP contribution < -0.4 is 30.2 Å². The number of allylic oxidation sites excluding steroid dienone is 1. The van der Waals surface area contributed by atoms with Gasteiger partial charge < -0.3 is 39.5 Å². The standard InChI is InChI=1S/C44H57N7O10/c1-45-44(58)51-17-16-32(30(22-51)27-53)34(25-48(2)3)33-20-37(59-5)29(19-38(33)60-6)21-50-23-31(24-50)46-39(54)13-8-7-9-18-61-36-12-10-11-28(26-52)41(36)43(57)49(4)35-14-15-40(55)47-42(35)56/h10-12,19-20,25-27,31,35H,7-9,13-18,21-24H2,1-6H3,(H,45,58)(H,46,54)(H,47,55,56)/b34-25+. The van der Waals surface area contributed by atoms with Gasteiger partial charge in [0.2, 0.25) is 17.7 Å². The Balaban J connectivity index is 1.10. The molecule has 3 aliphatic rings. The molecule has 3 aliphatic heterocycles. The average Bonchev–Trinajstić information content (AvgIpc) is 3.24. The number of piperidine rings is 1. The van der Waals surface area contributed by atoms with E-state index in [1.54, 1.807) is 38.3 Å². The number of imide groups is 1. The third kappa shape index (κ3) is 11.3. The number of likely N-dealkylation sites (N-methyl/N-ethyl adjacent to an activating group) is 1. The Hall–Kier alpha value is -6.23. The number of nitrogens with zero attached hydrogens (tertiary/aromatic N) is 4. The van der Waals surface area contributed by atoms with Crippen molar-refractivity contribution in [3.05, 3.63) is 69.9 Å². The molecule has 61 heavy (non-hydrogen) atoms. The zero-order chi connectivity index (χ0) is 44.2. The minimum absolute atomic E-state index is 0.00587. The highest BCUT2D eigenvalue weighted by molar-refractivity contribution is 6.07. The minimum Gasteiger partial charge on any atom is -0.496 e. The molecule has 0 radical (unpaired) electrons. The lowest BCUT2D eigenvalue weighted by atomic mass is 9.88. The molecule has 5 rings (SSSR count). The number of rotatable bonds is 19. The zero-order valence-electron chi connectivity index (χ0n) is 35.8. The number of methoxy groups -OCH3 is 2. The van der Waals surface area contributed by atoms with Gasteiger partial charge in [-0.15, -0.1) is 0 Å². The number of urea groups is 1. The molecule has 17 nitrogen and oxygen atoms in total. The van der Waals surface area contributed by atoms with Crippen molar-refractivity contribution in [1.29, 1.82) is 0 Å². The number of amides is 6. The quantitative estimate of drug-likeness (QED) is 0.107. The van der Waals surface area contributed by atoms with Crippen molar-refractivity contribution in [1.82, 2.24) is 35.6 Å². The van der Waals surface area contributed by atoms with Crippen LogP contribution in [0.1, 0.15) is 76.8 Å². The molecular formula is C44H57N7O10. The Bertz CT molecular complexity index is 2060. The fraction of sp³-hybridized carbons (Fsp3) is 0.477. The second-order valence-electron chi connectivity index (χ2n) is 15.6. The number of nitrogens with one attached hydrogen (secondary N) is 3. The summed E-state index contributed by atoms with van der Waals surface area (Å²) in [5.41, 5.74) is 4.04. The van der Waals surface area contributed by atoms with Crippen molar-refractivity contribution in [2.24, 2.45) is 0 Å². The largest absolute Gasteiger partial charge is 0.496 e. The molecule has 3 N–H and O–H groups in total. The van der Waals surface area contributed by atoms with E-state index in [9.17, 15) is 33.6 Å². The van der Waals surface area contributed by atoms with Crippen LogP contribution in [-0.4, -0.2) is 149 Å². The van der Waals surface area contributed by atoms with E-state index in [0.717, 1.165) is 28.6 Å². The van der Waals surface area contributed by atoms with Gasteiger partial charge in [0.1, 0.15) is 29.6 Å². The number of carbonyl (C=O) groups is 7. The lowest BCUT2D eigenvalue weighted by molar-refractivity contribution is -0.136. The maximum Gasteiger partial charge on any atom is 0.317 e. The number of hydrogen-bond acceptors (Lipinski definition) is 12. The molecule has 1 unspecified atom stereocenters. The summed E-state index contributed by atoms with van der Waals surface area (Å²) in [5, 5.41) is 7.99. The SMILES string of the molecule is CNC(=O)N1CCC(/C(=C\N(C)C)c2cc(OC)c(CN3CC(NC(=O)CCCCCOc4cccc(C=O)c4C(=O)N(C)C4CCC(=O)NC4=O)C3)cc2OC)=C(C=O)C1. The van der Waals surface area contributed by atoms with Gasteiger partial charge in [-0.3, -0.25) is 39.0 Å². The number of ether oxygens (including phenoxy) is 3. The predicted octanol–water partition coefficient (Wildman–Crippen LogP) is 2.78. The summed E-state index contributed by atoms with van der Waals surface area (Å²) in [6, 6.07) is 7.52. The Kier molecular flexibility index (Phi) is 16.0. The molecule has 328 valence electrons. The predicted molar refractivity (Wildman–Crippen MR) is 226 cm³/mol. The molecule has 0 saturated carbocycles. The van der Waals surface area contributed by atoms with Crippen molar-refractivity contribution in [3.63, 3.8) is 0 Å². The molecule has 1 atom stereocenters. The number of hydrogen-bond donors (Lipinski definition) is 3. The summed E-state index contributed by atoms with van der Waals surface area (Å²) in [5.74, 6) is -0.0496. The number of unbranched alkanes of at least 4 members (excludes halogenated alkanes) is 2. The maximum atomic E-state index is 13.5. The molecule has 0 bridgehead atoms. The molecule has 2 fully saturated rings. The third-order valence-electron chi connectivity index (χ3n) is 11.0. The molecule has 17 heteroatoms. The lowest BCUT2D eigenvalue weighted by Crippen LogP contribution is -2.58. The second-order valence-corrected chi connectivity index (χ2v) is 15.6. The normalized spacial score (nSPS) is 17.2. The Morgan fingerprint density at radius 1 is 0.951 bits per heavy atom. The molecule has 0 aromatic heterocycles. The first kappa shape index (κ1) is 45.8. The van der Waals surface area contributed by atoms with E-state index in [2.05, 4.69) is 20.9 Å². The van der Waals surface area contributed by atoms with Crippen LogP contribution in [0.4, 0.5) is 4.79 Å². The van der Waals surface area contributed by atoms with Crippen LogP contribution in [0.25, 0.3) is 5.57 Å². The van der Waals surface area contributed by atoms with Gasteiger partial charge in [-0.05, 0) is 55.9 Å². The summed E-state index contributed by atoms with van der Waals surface area (Å²) in [7, 11) is 10.1. The lowest BCUT2D eigenvalue weighted by Gasteiger charge is -2.40. The van der Waals surface area contributed by atoms with Crippen LogP contribution in [0.2, 0.25) is 0 Å². The van der Waals surface area contributed by atoms with Crippen molar-refractivity contribution < 1.29 is 47.8 Å². The van der Waals surface area contributed by atoms with Gasteiger partial charge >= 0.3 is 6.03 Å². The van der Waals surface area contributed by atoms with E-state index in [-0.39, 0.29) is 60.8 Å². The van der Waals surface area contributed by atoms with Crippen LogP contribution in [0.5, 0.6) is 17.2 Å². The maximum absolute atomic E-state index is 13.5. The average molecular weight is 844 g/mol. The van der Waals surface area contributed by atoms with Gasteiger partial charge in [-0.25, -0.2) is 4.79 Å². The summed E-state index contributed by atoms with van der Waals surface area (Å²) >= 11 is 0. The molecule has 2 saturated heterocycles. The van der Waals surface area contributed by atoms with Crippen molar-refractivity contribution in [2.45, 2.75) is 63.6 Å². The summed E-state index contributed by atoms with van der Waals surface area (Å²) in [6.07, 6.45) is 6.40. The summed E-state index contributed by atoms with van der Waals surface area (Å²) in [4.78, 5) is 93.7. The van der Waals surface area contributed by atoms with Crippen molar-refractivity contribution >= 4 is 47.8 Å². The van der Waals surface area contributed by atoms with E-state index < -0.39 is 23.8 Å². The smallest absolute Gasteiger partial charge is 0.317 e. The van der Waals surface area contributed by atoms with Crippen LogP contribution >= 0.6 is 0 Å².